The molecule has 4 atom stereocenters. The SMILES string of the molecule is CC(=O)OCBr.CC(=O)OCOC(=O)[C@H](O)C[C@H](CC(=O)OC(C)(C)C)Cc1ccc(-c2cccc(Cl)c2)cc1.CC(C)(C)OC(=O)C[C@H](Cc1ccc(-c2cccc(Cl)c2)cc1)C[C@@H](O)C(=O)O. The zero-order chi connectivity index (χ0) is 51.9. The molecule has 0 saturated carbocycles. The highest BCUT2D eigenvalue weighted by Gasteiger charge is 2.28. The Balaban J connectivity index is 0.000000427. The van der Waals surface area contributed by atoms with E-state index in [0.29, 0.717) is 28.4 Å². The molecule has 0 aliphatic heterocycles. The number of halogens is 3. The summed E-state index contributed by atoms with van der Waals surface area (Å²) in [7, 11) is 0. The molecule has 0 radical (unpaired) electrons. The van der Waals surface area contributed by atoms with Crippen molar-refractivity contribution < 1.29 is 67.8 Å². The van der Waals surface area contributed by atoms with E-state index >= 15 is 0 Å². The van der Waals surface area contributed by atoms with Gasteiger partial charge in [-0.2, -0.15) is 0 Å². The lowest BCUT2D eigenvalue weighted by Crippen LogP contribution is -2.30. The highest BCUT2D eigenvalue weighted by atomic mass is 79.9. The summed E-state index contributed by atoms with van der Waals surface area (Å²) < 4.78 is 24.4. The average Bonchev–Trinajstić information content (AvgIpc) is 3.23. The van der Waals surface area contributed by atoms with Crippen LogP contribution in [0.1, 0.15) is 92.2 Å². The van der Waals surface area contributed by atoms with Gasteiger partial charge in [0.05, 0.1) is 0 Å². The molecule has 69 heavy (non-hydrogen) atoms. The van der Waals surface area contributed by atoms with Crippen LogP contribution in [0, 0.1) is 11.8 Å². The highest BCUT2D eigenvalue weighted by Crippen LogP contribution is 2.28. The molecule has 0 heterocycles. The number of alkyl halides is 1. The summed E-state index contributed by atoms with van der Waals surface area (Å²) in [4.78, 5) is 68.4. The first-order valence-electron chi connectivity index (χ1n) is 21.9. The third-order valence-electron chi connectivity index (χ3n) is 9.41. The molecule has 376 valence electrons. The third-order valence-corrected chi connectivity index (χ3v) is 10.1. The standard InChI is InChI=1S/C26H31ClO7.C23H27ClO5.C3H5BrO2/c1-17(28)32-16-33-25(31)23(29)13-19(14-24(30)34-26(2,3)4)12-18-8-10-20(11-9-18)21-6-5-7-22(27)15-21;1-23(2,3)29-21(26)13-16(12-20(25)22(27)28)11-15-7-9-17(10-8-15)18-5-4-6-19(24)14-18;1-3(5)6-2-4/h5-11,15,19,23,29H,12-14,16H2,1-4H3;4-10,14,16,20,25H,11-13H2,1-3H3,(H,27,28);2H2,1H3/t19-,23-;16-,20-;/m11./s1. The number of aliphatic hydroxyl groups excluding tert-OH is 2. The lowest BCUT2D eigenvalue weighted by Gasteiger charge is -2.23. The first-order valence-corrected chi connectivity index (χ1v) is 23.8. The van der Waals surface area contributed by atoms with E-state index in [1.807, 2.05) is 97.1 Å². The van der Waals surface area contributed by atoms with Crippen LogP contribution < -0.4 is 0 Å². The normalized spacial score (nSPS) is 12.8. The van der Waals surface area contributed by atoms with Crippen LogP contribution in [0.2, 0.25) is 10.0 Å². The number of carboxylic acids is 1. The second-order valence-corrected chi connectivity index (χ2v) is 19.3. The van der Waals surface area contributed by atoms with Crippen LogP contribution in [-0.4, -0.2) is 86.9 Å². The van der Waals surface area contributed by atoms with Crippen molar-refractivity contribution in [3.63, 3.8) is 0 Å². The highest BCUT2D eigenvalue weighted by molar-refractivity contribution is 9.09. The predicted octanol–water partition coefficient (Wildman–Crippen LogP) is 10.3. The summed E-state index contributed by atoms with van der Waals surface area (Å²) >= 11 is 15.0. The van der Waals surface area contributed by atoms with Crippen molar-refractivity contribution in [2.45, 2.75) is 117 Å². The number of benzene rings is 4. The molecule has 0 aromatic heterocycles. The molecular weight excluding hydrogens is 999 g/mol. The fourth-order valence-electron chi connectivity index (χ4n) is 6.56. The van der Waals surface area contributed by atoms with Crippen LogP contribution in [0.3, 0.4) is 0 Å². The molecule has 0 spiro atoms. The molecule has 4 aromatic rings. The van der Waals surface area contributed by atoms with E-state index < -0.39 is 60.0 Å². The lowest BCUT2D eigenvalue weighted by atomic mass is 9.90. The fourth-order valence-corrected chi connectivity index (χ4v) is 7.26. The summed E-state index contributed by atoms with van der Waals surface area (Å²) in [6, 6.07) is 30.6. The van der Waals surface area contributed by atoms with Crippen LogP contribution in [-0.2, 0) is 65.3 Å². The number of aliphatic carboxylic acids is 1. The maximum atomic E-state index is 12.4. The Hall–Kier alpha value is -5.32. The van der Waals surface area contributed by atoms with Gasteiger partial charge in [-0.05, 0) is 153 Å². The largest absolute Gasteiger partial charge is 0.479 e. The van der Waals surface area contributed by atoms with Crippen LogP contribution in [0.4, 0.5) is 0 Å². The molecule has 0 amide bonds. The quantitative estimate of drug-likeness (QED) is 0.0346. The molecule has 0 fully saturated rings. The number of esters is 5. The van der Waals surface area contributed by atoms with Crippen molar-refractivity contribution in [3.8, 4) is 22.3 Å². The van der Waals surface area contributed by atoms with Gasteiger partial charge in [0, 0.05) is 36.7 Å². The summed E-state index contributed by atoms with van der Waals surface area (Å²) in [6.45, 7) is 12.6. The van der Waals surface area contributed by atoms with E-state index in [-0.39, 0.29) is 43.5 Å². The van der Waals surface area contributed by atoms with Gasteiger partial charge in [-0.15, -0.1) is 0 Å². The first kappa shape index (κ1) is 59.8. The number of aliphatic hydroxyl groups is 2. The summed E-state index contributed by atoms with van der Waals surface area (Å²) in [5, 5.41) is 30.4. The zero-order valence-electron chi connectivity index (χ0n) is 40.2. The van der Waals surface area contributed by atoms with Crippen molar-refractivity contribution >= 4 is 74.9 Å². The summed E-state index contributed by atoms with van der Waals surface area (Å²) in [5.41, 5.74) is 4.87. The van der Waals surface area contributed by atoms with Gasteiger partial charge in [0.1, 0.15) is 16.7 Å². The molecule has 0 saturated heterocycles. The van der Waals surface area contributed by atoms with Crippen molar-refractivity contribution in [2.75, 3.05) is 12.3 Å². The van der Waals surface area contributed by atoms with Gasteiger partial charge in [-0.25, -0.2) is 9.59 Å². The van der Waals surface area contributed by atoms with Crippen LogP contribution in [0.25, 0.3) is 22.3 Å². The van der Waals surface area contributed by atoms with Gasteiger partial charge < -0.3 is 39.0 Å². The second kappa shape index (κ2) is 29.7. The van der Waals surface area contributed by atoms with Crippen molar-refractivity contribution in [1.82, 2.24) is 0 Å². The predicted molar refractivity (Wildman–Crippen MR) is 266 cm³/mol. The van der Waals surface area contributed by atoms with Gasteiger partial charge >= 0.3 is 35.8 Å². The van der Waals surface area contributed by atoms with E-state index in [2.05, 4.69) is 25.4 Å². The Bertz CT molecular complexity index is 2270. The number of ether oxygens (including phenoxy) is 5. The molecule has 17 heteroatoms. The molecule has 4 aromatic carbocycles. The van der Waals surface area contributed by atoms with Crippen molar-refractivity contribution in [2.24, 2.45) is 11.8 Å². The van der Waals surface area contributed by atoms with Gasteiger partial charge in [-0.1, -0.05) is 96.0 Å². The molecule has 0 unspecified atom stereocenters. The van der Waals surface area contributed by atoms with Crippen LogP contribution in [0.5, 0.6) is 0 Å². The van der Waals surface area contributed by atoms with Gasteiger partial charge in [-0.3, -0.25) is 19.2 Å². The van der Waals surface area contributed by atoms with E-state index in [4.69, 9.17) is 42.5 Å². The van der Waals surface area contributed by atoms with E-state index in [0.717, 1.165) is 33.4 Å². The van der Waals surface area contributed by atoms with Crippen molar-refractivity contribution in [1.29, 1.82) is 0 Å². The third kappa shape index (κ3) is 26.3. The molecule has 0 bridgehead atoms. The van der Waals surface area contributed by atoms with Crippen LogP contribution in [0.15, 0.2) is 97.1 Å². The minimum Gasteiger partial charge on any atom is -0.479 e. The Morgan fingerprint density at radius 1 is 0.565 bits per heavy atom. The Kier molecular flexibility index (Phi) is 25.7. The summed E-state index contributed by atoms with van der Waals surface area (Å²) in [5.74, 6) is -4.65. The molecule has 4 rings (SSSR count). The average molecular weight is 1060 g/mol. The smallest absolute Gasteiger partial charge is 0.337 e. The lowest BCUT2D eigenvalue weighted by molar-refractivity contribution is -0.173. The minimum atomic E-state index is -1.52. The van der Waals surface area contributed by atoms with Crippen molar-refractivity contribution in [3.05, 3.63) is 118 Å². The van der Waals surface area contributed by atoms with E-state index in [1.54, 1.807) is 41.5 Å². The van der Waals surface area contributed by atoms with Gasteiger partial charge in [0.15, 0.2) is 12.2 Å². The van der Waals surface area contributed by atoms with Gasteiger partial charge in [0.2, 0.25) is 6.79 Å². The Morgan fingerprint density at radius 3 is 1.28 bits per heavy atom. The topological polar surface area (TPSA) is 209 Å². The maximum Gasteiger partial charge on any atom is 0.337 e. The Morgan fingerprint density at radius 2 is 0.957 bits per heavy atom. The van der Waals surface area contributed by atoms with Gasteiger partial charge in [0.25, 0.3) is 0 Å². The number of hydrogen-bond donors (Lipinski definition) is 3. The Labute approximate surface area is 422 Å². The number of carbonyl (C=O) groups excluding carboxylic acids is 5. The number of rotatable bonds is 19. The van der Waals surface area contributed by atoms with Crippen LogP contribution >= 0.6 is 39.1 Å². The number of carboxylic acid groups (broad SMARTS) is 1. The monoisotopic (exact) mass is 1060 g/mol. The summed E-state index contributed by atoms with van der Waals surface area (Å²) in [6.07, 6.45) is -2.09. The maximum absolute atomic E-state index is 12.4. The molecule has 14 nitrogen and oxygen atoms in total. The van der Waals surface area contributed by atoms with E-state index in [9.17, 15) is 39.0 Å². The molecule has 0 aliphatic rings. The number of hydrogen-bond acceptors (Lipinski definition) is 13. The fraction of sp³-hybridized carbons (Fsp3) is 0.423. The minimum absolute atomic E-state index is 0.0155. The molecular formula is C52H63BrCl2O14. The second-order valence-electron chi connectivity index (χ2n) is 17.9. The first-order chi connectivity index (χ1) is 32.2. The zero-order valence-corrected chi connectivity index (χ0v) is 43.3. The number of carbonyl (C=O) groups is 6. The van der Waals surface area contributed by atoms with E-state index in [1.165, 1.54) is 13.8 Å². The molecule has 0 aliphatic carbocycles. The molecule has 3 N–H and O–H groups in total.